The van der Waals surface area contributed by atoms with Gasteiger partial charge < -0.3 is 5.32 Å². The number of amides is 1. The van der Waals surface area contributed by atoms with Crippen molar-refractivity contribution in [3.63, 3.8) is 0 Å². The molecule has 0 saturated carbocycles. The van der Waals surface area contributed by atoms with Crippen LogP contribution in [0.25, 0.3) is 5.65 Å². The molecule has 6 nitrogen and oxygen atoms in total. The van der Waals surface area contributed by atoms with Crippen LogP contribution in [-0.2, 0) is 11.0 Å². The highest BCUT2D eigenvalue weighted by molar-refractivity contribution is 6.30. The molecule has 3 heterocycles. The molecule has 3 aromatic rings. The molecule has 10 heteroatoms. The van der Waals surface area contributed by atoms with Crippen molar-refractivity contribution in [2.75, 3.05) is 18.4 Å². The number of aromatic nitrogens is 3. The van der Waals surface area contributed by atoms with Gasteiger partial charge in [0.1, 0.15) is 5.82 Å². The zero-order chi connectivity index (χ0) is 22.2. The number of fused-ring (bicyclic) bond motifs is 1. The number of nitrogens with one attached hydrogen (secondary N) is 1. The van der Waals surface area contributed by atoms with Gasteiger partial charge in [0.2, 0.25) is 5.91 Å². The maximum atomic E-state index is 13.1. The van der Waals surface area contributed by atoms with Crippen molar-refractivity contribution in [1.82, 2.24) is 19.5 Å². The van der Waals surface area contributed by atoms with Crippen LogP contribution in [0.15, 0.2) is 42.6 Å². The van der Waals surface area contributed by atoms with Crippen LogP contribution >= 0.6 is 11.6 Å². The van der Waals surface area contributed by atoms with Gasteiger partial charge in [0, 0.05) is 29.4 Å². The lowest BCUT2D eigenvalue weighted by Gasteiger charge is -2.35. The average molecular weight is 452 g/mol. The third-order valence-corrected chi connectivity index (χ3v) is 5.83. The van der Waals surface area contributed by atoms with Crippen LogP contribution in [0.5, 0.6) is 0 Å². The van der Waals surface area contributed by atoms with E-state index < -0.39 is 17.8 Å². The van der Waals surface area contributed by atoms with Crippen LogP contribution in [0.3, 0.4) is 0 Å². The Hall–Kier alpha value is -2.65. The standard InChI is InChI=1S/C21H21ClF3N5O/c1-13(20(31)26-17-6-2-5-16(22)10-17)29-9-3-4-14(11-29)19-28-27-18-8-7-15(12-30(18)19)21(23,24)25/h2,5-8,10,12-14H,3-4,9,11H2,1H3,(H,26,31)/t13-,14-/m1/s1. The molecule has 1 fully saturated rings. The number of pyridine rings is 1. The molecule has 0 unspecified atom stereocenters. The first-order valence-corrected chi connectivity index (χ1v) is 10.3. The Balaban J connectivity index is 1.51. The molecular weight excluding hydrogens is 431 g/mol. The largest absolute Gasteiger partial charge is 0.417 e. The van der Waals surface area contributed by atoms with Crippen LogP contribution in [0, 0.1) is 0 Å². The van der Waals surface area contributed by atoms with Crippen LogP contribution < -0.4 is 5.32 Å². The molecule has 31 heavy (non-hydrogen) atoms. The molecular formula is C21H21ClF3N5O. The Bertz CT molecular complexity index is 1100. The molecule has 1 amide bonds. The SMILES string of the molecule is C[C@H](C(=O)Nc1cccc(Cl)c1)N1CCC[C@@H](c2nnc3ccc(C(F)(F)F)cn23)C1. The average Bonchev–Trinajstić information content (AvgIpc) is 3.16. The summed E-state index contributed by atoms with van der Waals surface area (Å²) in [5, 5.41) is 11.6. The second kappa shape index (κ2) is 8.47. The summed E-state index contributed by atoms with van der Waals surface area (Å²) in [5.74, 6) is 0.176. The molecule has 1 aromatic carbocycles. The van der Waals surface area contributed by atoms with Crippen LogP contribution in [0.2, 0.25) is 5.02 Å². The second-order valence-electron chi connectivity index (χ2n) is 7.71. The minimum Gasteiger partial charge on any atom is -0.325 e. The Morgan fingerprint density at radius 2 is 2.06 bits per heavy atom. The van der Waals surface area contributed by atoms with E-state index in [0.29, 0.717) is 35.3 Å². The van der Waals surface area contributed by atoms with E-state index in [2.05, 4.69) is 15.5 Å². The van der Waals surface area contributed by atoms with Crippen molar-refractivity contribution in [2.24, 2.45) is 0 Å². The number of piperidine rings is 1. The van der Waals surface area contributed by atoms with E-state index in [4.69, 9.17) is 11.6 Å². The van der Waals surface area contributed by atoms with E-state index in [0.717, 1.165) is 25.1 Å². The summed E-state index contributed by atoms with van der Waals surface area (Å²) in [6.07, 6.45) is -1.84. The Morgan fingerprint density at radius 1 is 1.26 bits per heavy atom. The number of hydrogen-bond donors (Lipinski definition) is 1. The van der Waals surface area contributed by atoms with E-state index in [-0.39, 0.29) is 11.8 Å². The normalized spacial score (nSPS) is 18.8. The number of halogens is 4. The van der Waals surface area contributed by atoms with E-state index in [1.807, 2.05) is 11.8 Å². The number of carbonyl (C=O) groups is 1. The Morgan fingerprint density at radius 3 is 2.81 bits per heavy atom. The summed E-state index contributed by atoms with van der Waals surface area (Å²) in [5.41, 5.74) is 0.232. The Kier molecular flexibility index (Phi) is 5.90. The smallest absolute Gasteiger partial charge is 0.325 e. The summed E-state index contributed by atoms with van der Waals surface area (Å²) < 4.78 is 40.8. The van der Waals surface area contributed by atoms with Gasteiger partial charge in [-0.15, -0.1) is 10.2 Å². The monoisotopic (exact) mass is 451 g/mol. The highest BCUT2D eigenvalue weighted by atomic mass is 35.5. The zero-order valence-corrected chi connectivity index (χ0v) is 17.5. The Labute approximate surface area is 182 Å². The van der Waals surface area contributed by atoms with Crippen molar-refractivity contribution < 1.29 is 18.0 Å². The highest BCUT2D eigenvalue weighted by Gasteiger charge is 2.33. The number of rotatable bonds is 4. The van der Waals surface area contributed by atoms with Crippen molar-refractivity contribution in [3.05, 3.63) is 59.0 Å². The van der Waals surface area contributed by atoms with Crippen molar-refractivity contribution in [1.29, 1.82) is 0 Å². The van der Waals surface area contributed by atoms with Gasteiger partial charge in [-0.3, -0.25) is 14.1 Å². The van der Waals surface area contributed by atoms with Gasteiger partial charge in [0.25, 0.3) is 0 Å². The first kappa shape index (κ1) is 21.6. The predicted octanol–water partition coefficient (Wildman–Crippen LogP) is 4.61. The molecule has 0 radical (unpaired) electrons. The molecule has 0 spiro atoms. The summed E-state index contributed by atoms with van der Waals surface area (Å²) in [7, 11) is 0. The number of hydrogen-bond acceptors (Lipinski definition) is 4. The predicted molar refractivity (Wildman–Crippen MR) is 111 cm³/mol. The minimum atomic E-state index is -4.44. The van der Waals surface area contributed by atoms with Crippen LogP contribution in [-0.4, -0.2) is 44.5 Å². The number of benzene rings is 1. The summed E-state index contributed by atoms with van der Waals surface area (Å²) in [6, 6.07) is 8.81. The summed E-state index contributed by atoms with van der Waals surface area (Å²) in [4.78, 5) is 14.7. The number of nitrogens with zero attached hydrogens (tertiary/aromatic N) is 4. The minimum absolute atomic E-state index is 0.131. The fourth-order valence-corrected chi connectivity index (χ4v) is 4.09. The van der Waals surface area contributed by atoms with Gasteiger partial charge in [0.05, 0.1) is 11.6 Å². The summed E-state index contributed by atoms with van der Waals surface area (Å²) in [6.45, 7) is 3.03. The third-order valence-electron chi connectivity index (χ3n) is 5.59. The lowest BCUT2D eigenvalue weighted by Crippen LogP contribution is -2.46. The first-order valence-electron chi connectivity index (χ1n) is 9.95. The molecule has 1 aliphatic rings. The van der Waals surface area contributed by atoms with Crippen LogP contribution in [0.1, 0.15) is 37.1 Å². The third kappa shape index (κ3) is 4.67. The molecule has 1 aliphatic heterocycles. The molecule has 4 rings (SSSR count). The fraction of sp³-hybridized carbons (Fsp3) is 0.381. The number of anilines is 1. The fourth-order valence-electron chi connectivity index (χ4n) is 3.90. The van der Waals surface area contributed by atoms with Gasteiger partial charge in [-0.1, -0.05) is 17.7 Å². The number of carbonyl (C=O) groups excluding carboxylic acids is 1. The first-order chi connectivity index (χ1) is 14.7. The maximum absolute atomic E-state index is 13.1. The topological polar surface area (TPSA) is 62.5 Å². The number of likely N-dealkylation sites (tertiary alicyclic amines) is 1. The highest BCUT2D eigenvalue weighted by Crippen LogP contribution is 2.32. The van der Waals surface area contributed by atoms with Gasteiger partial charge in [-0.05, 0) is 56.6 Å². The van der Waals surface area contributed by atoms with Gasteiger partial charge in [0.15, 0.2) is 5.65 Å². The molecule has 164 valence electrons. The molecule has 1 saturated heterocycles. The van der Waals surface area contributed by atoms with Crippen molar-refractivity contribution in [2.45, 2.75) is 37.9 Å². The molecule has 1 N–H and O–H groups in total. The lowest BCUT2D eigenvalue weighted by molar-refractivity contribution is -0.137. The van der Waals surface area contributed by atoms with Crippen LogP contribution in [0.4, 0.5) is 18.9 Å². The van der Waals surface area contributed by atoms with E-state index in [1.165, 1.54) is 10.5 Å². The van der Waals surface area contributed by atoms with E-state index >= 15 is 0 Å². The van der Waals surface area contributed by atoms with Gasteiger partial charge >= 0.3 is 6.18 Å². The quantitative estimate of drug-likeness (QED) is 0.629. The summed E-state index contributed by atoms with van der Waals surface area (Å²) >= 11 is 5.97. The zero-order valence-electron chi connectivity index (χ0n) is 16.7. The maximum Gasteiger partial charge on any atom is 0.417 e. The molecule has 2 atom stereocenters. The molecule has 0 bridgehead atoms. The van der Waals surface area contributed by atoms with Crippen molar-refractivity contribution >= 4 is 28.8 Å². The molecule has 2 aromatic heterocycles. The molecule has 0 aliphatic carbocycles. The van der Waals surface area contributed by atoms with Gasteiger partial charge in [-0.25, -0.2) is 0 Å². The number of alkyl halides is 3. The lowest BCUT2D eigenvalue weighted by atomic mass is 9.96. The van der Waals surface area contributed by atoms with Gasteiger partial charge in [-0.2, -0.15) is 13.2 Å². The van der Waals surface area contributed by atoms with E-state index in [1.54, 1.807) is 24.3 Å². The van der Waals surface area contributed by atoms with E-state index in [9.17, 15) is 18.0 Å². The second-order valence-corrected chi connectivity index (χ2v) is 8.15. The van der Waals surface area contributed by atoms with Crippen molar-refractivity contribution in [3.8, 4) is 0 Å².